The van der Waals surface area contributed by atoms with Gasteiger partial charge in [0.15, 0.2) is 0 Å². The van der Waals surface area contributed by atoms with E-state index >= 15 is 0 Å². The number of benzene rings is 1. The average Bonchev–Trinajstić information content (AvgIpc) is 2.18. The number of nitrogens with zero attached hydrogens (tertiary/aromatic N) is 2. The molecule has 0 radical (unpaired) electrons. The van der Waals surface area contributed by atoms with Crippen LogP contribution in [0.2, 0.25) is 0 Å². The van der Waals surface area contributed by atoms with Gasteiger partial charge in [0.25, 0.3) is 0 Å². The van der Waals surface area contributed by atoms with E-state index in [9.17, 15) is 0 Å². The fourth-order valence-electron chi connectivity index (χ4n) is 1.25. The van der Waals surface area contributed by atoms with Crippen LogP contribution in [0.4, 0.5) is 11.6 Å². The van der Waals surface area contributed by atoms with Crippen molar-refractivity contribution in [1.29, 1.82) is 0 Å². The lowest BCUT2D eigenvalue weighted by molar-refractivity contribution is 1.19. The minimum absolute atomic E-state index is 0.255. The molecule has 1 aromatic heterocycles. The Hall–Kier alpha value is -2.10. The molecule has 0 bridgehead atoms. The van der Waals surface area contributed by atoms with Crippen molar-refractivity contribution in [2.45, 2.75) is 0 Å². The minimum Gasteiger partial charge on any atom is -0.398 e. The number of aromatic nitrogens is 2. The molecule has 0 aliphatic heterocycles. The molecule has 0 unspecified atom stereocenters. The molecule has 0 saturated carbocycles. The van der Waals surface area contributed by atoms with Gasteiger partial charge in [0.05, 0.1) is 5.69 Å². The second kappa shape index (κ2) is 3.33. The normalized spacial score (nSPS) is 10.0. The van der Waals surface area contributed by atoms with Crippen LogP contribution in [0.1, 0.15) is 0 Å². The van der Waals surface area contributed by atoms with Gasteiger partial charge in [-0.1, -0.05) is 18.2 Å². The van der Waals surface area contributed by atoms with Crippen molar-refractivity contribution in [2.24, 2.45) is 0 Å². The van der Waals surface area contributed by atoms with Gasteiger partial charge in [-0.05, 0) is 12.1 Å². The third-order valence-corrected chi connectivity index (χ3v) is 1.91. The second-order valence-electron chi connectivity index (χ2n) is 2.89. The van der Waals surface area contributed by atoms with E-state index in [0.29, 0.717) is 5.69 Å². The highest BCUT2D eigenvalue weighted by Gasteiger charge is 2.02. The summed E-state index contributed by atoms with van der Waals surface area (Å²) < 4.78 is 0. The molecule has 1 heterocycles. The molecule has 0 aliphatic rings. The number of para-hydroxylation sites is 1. The lowest BCUT2D eigenvalue weighted by atomic mass is 10.1. The molecule has 4 N–H and O–H groups in total. The Morgan fingerprint density at radius 3 is 2.50 bits per heavy atom. The molecule has 0 saturated heterocycles. The maximum Gasteiger partial charge on any atom is 0.220 e. The van der Waals surface area contributed by atoms with Crippen LogP contribution in [0, 0.1) is 0 Å². The van der Waals surface area contributed by atoms with E-state index in [4.69, 9.17) is 11.5 Å². The van der Waals surface area contributed by atoms with E-state index in [1.165, 1.54) is 0 Å². The molecular formula is C10H10N4. The molecule has 0 spiro atoms. The Bertz CT molecular complexity index is 453. The third-order valence-electron chi connectivity index (χ3n) is 1.91. The molecule has 0 atom stereocenters. The van der Waals surface area contributed by atoms with Crippen LogP contribution in [-0.2, 0) is 0 Å². The molecule has 14 heavy (non-hydrogen) atoms. The highest BCUT2D eigenvalue weighted by atomic mass is 15.0. The van der Waals surface area contributed by atoms with E-state index in [1.807, 2.05) is 24.3 Å². The molecule has 4 heteroatoms. The molecule has 0 amide bonds. The van der Waals surface area contributed by atoms with Gasteiger partial charge in [-0.15, -0.1) is 0 Å². The molecule has 0 aliphatic carbocycles. The third kappa shape index (κ3) is 1.50. The summed E-state index contributed by atoms with van der Waals surface area (Å²) in [5.74, 6) is 0.255. The van der Waals surface area contributed by atoms with Crippen LogP contribution < -0.4 is 11.5 Å². The number of rotatable bonds is 1. The Morgan fingerprint density at radius 2 is 1.79 bits per heavy atom. The van der Waals surface area contributed by atoms with Crippen molar-refractivity contribution in [1.82, 2.24) is 9.97 Å². The number of nitrogens with two attached hydrogens (primary N) is 2. The second-order valence-corrected chi connectivity index (χ2v) is 2.89. The Morgan fingerprint density at radius 1 is 1.00 bits per heavy atom. The van der Waals surface area contributed by atoms with Crippen molar-refractivity contribution in [3.63, 3.8) is 0 Å². The first-order chi connectivity index (χ1) is 6.77. The fourth-order valence-corrected chi connectivity index (χ4v) is 1.25. The van der Waals surface area contributed by atoms with Gasteiger partial charge < -0.3 is 11.5 Å². The van der Waals surface area contributed by atoms with Crippen LogP contribution in [-0.4, -0.2) is 9.97 Å². The summed E-state index contributed by atoms with van der Waals surface area (Å²) >= 11 is 0. The van der Waals surface area contributed by atoms with Gasteiger partial charge >= 0.3 is 0 Å². The number of hydrogen-bond donors (Lipinski definition) is 2. The van der Waals surface area contributed by atoms with E-state index in [2.05, 4.69) is 9.97 Å². The number of anilines is 2. The van der Waals surface area contributed by atoms with Crippen molar-refractivity contribution >= 4 is 11.6 Å². The first kappa shape index (κ1) is 8.50. The maximum atomic E-state index is 5.80. The van der Waals surface area contributed by atoms with Crippen LogP contribution in [0.5, 0.6) is 0 Å². The Kier molecular flexibility index (Phi) is 2.02. The summed E-state index contributed by atoms with van der Waals surface area (Å²) in [5.41, 5.74) is 13.6. The van der Waals surface area contributed by atoms with Crippen molar-refractivity contribution in [3.8, 4) is 11.3 Å². The quantitative estimate of drug-likeness (QED) is 0.658. The van der Waals surface area contributed by atoms with Gasteiger partial charge in [-0.25, -0.2) is 9.97 Å². The molecule has 2 aromatic rings. The van der Waals surface area contributed by atoms with Gasteiger partial charge in [-0.2, -0.15) is 0 Å². The first-order valence-corrected chi connectivity index (χ1v) is 4.21. The number of nitrogen functional groups attached to an aromatic ring is 2. The molecule has 2 rings (SSSR count). The van der Waals surface area contributed by atoms with Gasteiger partial charge in [0.1, 0.15) is 0 Å². The van der Waals surface area contributed by atoms with Crippen LogP contribution in [0.3, 0.4) is 0 Å². The molecular weight excluding hydrogens is 176 g/mol. The summed E-state index contributed by atoms with van der Waals surface area (Å²) in [4.78, 5) is 7.91. The Balaban J connectivity index is 2.55. The SMILES string of the molecule is Nc1nccc(-c2ccccc2N)n1. The van der Waals surface area contributed by atoms with Gasteiger partial charge in [0.2, 0.25) is 5.95 Å². The van der Waals surface area contributed by atoms with Gasteiger partial charge in [0, 0.05) is 17.4 Å². The molecule has 70 valence electrons. The summed E-state index contributed by atoms with van der Waals surface area (Å²) in [5, 5.41) is 0. The summed E-state index contributed by atoms with van der Waals surface area (Å²) in [6.45, 7) is 0. The lowest BCUT2D eigenvalue weighted by Gasteiger charge is -2.03. The standard InChI is InChI=1S/C10H10N4/c11-8-4-2-1-3-7(8)9-5-6-13-10(12)14-9/h1-6H,11H2,(H2,12,13,14). The first-order valence-electron chi connectivity index (χ1n) is 4.21. The van der Waals surface area contributed by atoms with Crippen molar-refractivity contribution in [3.05, 3.63) is 36.5 Å². The summed E-state index contributed by atoms with van der Waals surface area (Å²) in [6.07, 6.45) is 1.62. The van der Waals surface area contributed by atoms with E-state index in [0.717, 1.165) is 11.3 Å². The number of hydrogen-bond acceptors (Lipinski definition) is 4. The van der Waals surface area contributed by atoms with Gasteiger partial charge in [-0.3, -0.25) is 0 Å². The zero-order valence-corrected chi connectivity index (χ0v) is 7.51. The molecule has 1 aromatic carbocycles. The summed E-state index contributed by atoms with van der Waals surface area (Å²) in [6, 6.07) is 9.29. The topological polar surface area (TPSA) is 77.8 Å². The van der Waals surface area contributed by atoms with Crippen molar-refractivity contribution in [2.75, 3.05) is 11.5 Å². The van der Waals surface area contributed by atoms with Crippen LogP contribution >= 0.6 is 0 Å². The van der Waals surface area contributed by atoms with E-state index in [1.54, 1.807) is 12.3 Å². The average molecular weight is 186 g/mol. The molecule has 4 nitrogen and oxygen atoms in total. The zero-order valence-electron chi connectivity index (χ0n) is 7.51. The lowest BCUT2D eigenvalue weighted by Crippen LogP contribution is -1.97. The Labute approximate surface area is 81.6 Å². The van der Waals surface area contributed by atoms with Crippen molar-refractivity contribution < 1.29 is 0 Å². The zero-order chi connectivity index (χ0) is 9.97. The fraction of sp³-hybridized carbons (Fsp3) is 0. The minimum atomic E-state index is 0.255. The summed E-state index contributed by atoms with van der Waals surface area (Å²) in [7, 11) is 0. The highest BCUT2D eigenvalue weighted by molar-refractivity contribution is 5.73. The smallest absolute Gasteiger partial charge is 0.220 e. The largest absolute Gasteiger partial charge is 0.398 e. The highest BCUT2D eigenvalue weighted by Crippen LogP contribution is 2.23. The maximum absolute atomic E-state index is 5.80. The van der Waals surface area contributed by atoms with E-state index < -0.39 is 0 Å². The molecule has 0 fully saturated rings. The monoisotopic (exact) mass is 186 g/mol. The predicted octanol–water partition coefficient (Wildman–Crippen LogP) is 1.31. The van der Waals surface area contributed by atoms with E-state index in [-0.39, 0.29) is 5.95 Å². The predicted molar refractivity (Wildman–Crippen MR) is 56.3 cm³/mol. The van der Waals surface area contributed by atoms with Crippen LogP contribution in [0.25, 0.3) is 11.3 Å². The van der Waals surface area contributed by atoms with Crippen LogP contribution in [0.15, 0.2) is 36.5 Å².